The number of aromatic nitrogens is 4. The minimum atomic E-state index is -0.128. The van der Waals surface area contributed by atoms with Crippen LogP contribution in [0, 0.1) is 6.92 Å². The van der Waals surface area contributed by atoms with Gasteiger partial charge < -0.3 is 10.3 Å². The number of hydrogen-bond donors (Lipinski definition) is 2. The normalized spacial score (nSPS) is 11.3. The van der Waals surface area contributed by atoms with E-state index in [1.54, 1.807) is 0 Å². The summed E-state index contributed by atoms with van der Waals surface area (Å²) < 4.78 is 1.90. The smallest absolute Gasteiger partial charge is 0.274 e. The molecule has 0 bridgehead atoms. The van der Waals surface area contributed by atoms with E-state index >= 15 is 0 Å². The number of fused-ring (bicyclic) bond motifs is 3. The van der Waals surface area contributed by atoms with Crippen molar-refractivity contribution >= 4 is 22.5 Å². The summed E-state index contributed by atoms with van der Waals surface area (Å²) in [7, 11) is 0. The Bertz CT molecular complexity index is 1130. The van der Waals surface area contributed by atoms with Gasteiger partial charge in [-0.2, -0.15) is 0 Å². The Balaban J connectivity index is 1.82. The van der Waals surface area contributed by atoms with E-state index in [1.807, 2.05) is 41.7 Å². The zero-order valence-corrected chi connectivity index (χ0v) is 14.9. The highest BCUT2D eigenvalue weighted by Gasteiger charge is 2.15. The first-order chi connectivity index (χ1) is 12.7. The zero-order valence-electron chi connectivity index (χ0n) is 14.9. The number of aryl methyl sites for hydroxylation is 2. The highest BCUT2D eigenvalue weighted by atomic mass is 16.1. The number of imidazole rings is 1. The van der Waals surface area contributed by atoms with Crippen molar-refractivity contribution in [2.24, 2.45) is 0 Å². The molecule has 0 aliphatic carbocycles. The maximum Gasteiger partial charge on any atom is 0.274 e. The van der Waals surface area contributed by atoms with Crippen LogP contribution in [0.3, 0.4) is 0 Å². The lowest BCUT2D eigenvalue weighted by molar-refractivity contribution is 0.832. The molecule has 1 aromatic carbocycles. The number of rotatable bonds is 5. The highest BCUT2D eigenvalue weighted by Crippen LogP contribution is 2.19. The average Bonchev–Trinajstić information content (AvgIpc) is 2.98. The first-order valence-electron chi connectivity index (χ1n) is 8.86. The van der Waals surface area contributed by atoms with Gasteiger partial charge >= 0.3 is 0 Å². The summed E-state index contributed by atoms with van der Waals surface area (Å²) in [5.41, 5.74) is 3.81. The van der Waals surface area contributed by atoms with Crippen LogP contribution in [0.5, 0.6) is 0 Å². The molecule has 3 heterocycles. The van der Waals surface area contributed by atoms with Crippen LogP contribution in [0.15, 0.2) is 47.3 Å². The molecule has 2 N–H and O–H groups in total. The molecule has 4 rings (SSSR count). The fourth-order valence-electron chi connectivity index (χ4n) is 3.26. The molecule has 0 spiro atoms. The molecule has 3 aromatic heterocycles. The van der Waals surface area contributed by atoms with Crippen LogP contribution < -0.4 is 10.9 Å². The molecule has 0 atom stereocenters. The van der Waals surface area contributed by atoms with Crippen molar-refractivity contribution in [3.05, 3.63) is 69.9 Å². The first-order valence-corrected chi connectivity index (χ1v) is 8.86. The third-order valence-corrected chi connectivity index (χ3v) is 4.46. The van der Waals surface area contributed by atoms with Crippen molar-refractivity contribution < 1.29 is 0 Å². The van der Waals surface area contributed by atoms with E-state index in [-0.39, 0.29) is 5.56 Å². The van der Waals surface area contributed by atoms with Crippen LogP contribution in [0.4, 0.5) is 5.82 Å². The van der Waals surface area contributed by atoms with Crippen LogP contribution in [0.25, 0.3) is 16.7 Å². The Morgan fingerprint density at radius 3 is 2.69 bits per heavy atom. The Morgan fingerprint density at radius 1 is 1.12 bits per heavy atom. The number of nitrogens with one attached hydrogen (secondary N) is 2. The summed E-state index contributed by atoms with van der Waals surface area (Å²) in [6, 6.07) is 14.0. The molecule has 0 aliphatic rings. The van der Waals surface area contributed by atoms with E-state index < -0.39 is 0 Å². The number of H-pyrrole nitrogens is 1. The van der Waals surface area contributed by atoms with E-state index in [2.05, 4.69) is 34.3 Å². The Kier molecular flexibility index (Phi) is 4.16. The Morgan fingerprint density at radius 2 is 1.92 bits per heavy atom. The van der Waals surface area contributed by atoms with Gasteiger partial charge in [0.25, 0.3) is 5.56 Å². The molecular weight excluding hydrogens is 326 g/mol. The summed E-state index contributed by atoms with van der Waals surface area (Å²) in [6.07, 6.45) is 1.76. The van der Waals surface area contributed by atoms with Crippen molar-refractivity contribution in [1.82, 2.24) is 19.4 Å². The van der Waals surface area contributed by atoms with Gasteiger partial charge in [-0.15, -0.1) is 0 Å². The Labute approximate surface area is 150 Å². The third-order valence-electron chi connectivity index (χ3n) is 4.46. The molecule has 26 heavy (non-hydrogen) atoms. The molecule has 0 aliphatic heterocycles. The van der Waals surface area contributed by atoms with Gasteiger partial charge in [-0.1, -0.05) is 37.3 Å². The van der Waals surface area contributed by atoms with Crippen molar-refractivity contribution in [2.75, 3.05) is 5.32 Å². The molecule has 132 valence electrons. The Hall–Kier alpha value is -3.15. The van der Waals surface area contributed by atoms with Gasteiger partial charge in [-0.3, -0.25) is 9.20 Å². The minimum Gasteiger partial charge on any atom is -0.366 e. The summed E-state index contributed by atoms with van der Waals surface area (Å²) in [4.78, 5) is 24.7. The molecule has 0 unspecified atom stereocenters. The fraction of sp³-hybridized carbons (Fsp3) is 0.250. The lowest BCUT2D eigenvalue weighted by atomic mass is 10.2. The molecule has 6 heteroatoms. The highest BCUT2D eigenvalue weighted by molar-refractivity contribution is 5.77. The zero-order chi connectivity index (χ0) is 18.1. The number of benzene rings is 1. The molecule has 0 saturated carbocycles. The monoisotopic (exact) mass is 347 g/mol. The molecule has 0 amide bonds. The van der Waals surface area contributed by atoms with Gasteiger partial charge in [-0.25, -0.2) is 9.97 Å². The van der Waals surface area contributed by atoms with Crippen molar-refractivity contribution in [2.45, 2.75) is 33.2 Å². The van der Waals surface area contributed by atoms with Gasteiger partial charge in [0.2, 0.25) is 0 Å². The summed E-state index contributed by atoms with van der Waals surface area (Å²) >= 11 is 0. The van der Waals surface area contributed by atoms with E-state index in [0.717, 1.165) is 35.8 Å². The molecule has 0 saturated heterocycles. The average molecular weight is 347 g/mol. The maximum absolute atomic E-state index is 12.5. The number of nitrogens with zero attached hydrogens (tertiary/aromatic N) is 3. The second kappa shape index (κ2) is 6.63. The van der Waals surface area contributed by atoms with Gasteiger partial charge in [-0.05, 0) is 31.0 Å². The molecule has 0 radical (unpaired) electrons. The van der Waals surface area contributed by atoms with Crippen LogP contribution in [-0.4, -0.2) is 19.4 Å². The second-order valence-corrected chi connectivity index (χ2v) is 6.41. The fourth-order valence-corrected chi connectivity index (χ4v) is 3.26. The van der Waals surface area contributed by atoms with E-state index in [0.29, 0.717) is 17.6 Å². The third kappa shape index (κ3) is 2.83. The maximum atomic E-state index is 12.5. The lowest BCUT2D eigenvalue weighted by Gasteiger charge is -2.09. The summed E-state index contributed by atoms with van der Waals surface area (Å²) in [5, 5.41) is 3.35. The predicted molar refractivity (Wildman–Crippen MR) is 104 cm³/mol. The molecular formula is C20H21N5O. The van der Waals surface area contributed by atoms with Crippen LogP contribution in [0.1, 0.15) is 30.4 Å². The standard InChI is InChI=1S/C20H21N5O/c1-3-7-17-22-13(2)18-20(26)23-15-10-11-16(24-19(15)25(17)18)21-12-14-8-5-4-6-9-14/h4-6,8-11H,3,7,12H2,1-2H3,(H,21,24)(H,23,26). The summed E-state index contributed by atoms with van der Waals surface area (Å²) in [5.74, 6) is 1.65. The SMILES string of the molecule is CCCc1nc(C)c2c(=O)[nH]c3ccc(NCc4ccccc4)nc3n12. The number of anilines is 1. The van der Waals surface area contributed by atoms with Gasteiger partial charge in [0.05, 0.1) is 11.2 Å². The van der Waals surface area contributed by atoms with E-state index in [9.17, 15) is 4.79 Å². The van der Waals surface area contributed by atoms with Crippen molar-refractivity contribution in [3.8, 4) is 0 Å². The molecule has 4 aromatic rings. The number of hydrogen-bond acceptors (Lipinski definition) is 4. The van der Waals surface area contributed by atoms with Crippen molar-refractivity contribution in [1.29, 1.82) is 0 Å². The van der Waals surface area contributed by atoms with Crippen LogP contribution in [-0.2, 0) is 13.0 Å². The van der Waals surface area contributed by atoms with Gasteiger partial charge in [0, 0.05) is 13.0 Å². The summed E-state index contributed by atoms with van der Waals surface area (Å²) in [6.45, 7) is 4.66. The number of aromatic amines is 1. The predicted octanol–water partition coefficient (Wildman–Crippen LogP) is 3.44. The van der Waals surface area contributed by atoms with Crippen LogP contribution >= 0.6 is 0 Å². The van der Waals surface area contributed by atoms with Gasteiger partial charge in [0.15, 0.2) is 5.65 Å². The topological polar surface area (TPSA) is 75.1 Å². The minimum absolute atomic E-state index is 0.128. The lowest BCUT2D eigenvalue weighted by Crippen LogP contribution is -2.13. The largest absolute Gasteiger partial charge is 0.366 e. The number of pyridine rings is 1. The van der Waals surface area contributed by atoms with E-state index in [4.69, 9.17) is 4.98 Å². The molecule has 6 nitrogen and oxygen atoms in total. The first kappa shape index (κ1) is 16.3. The van der Waals surface area contributed by atoms with Gasteiger partial charge in [0.1, 0.15) is 17.2 Å². The second-order valence-electron chi connectivity index (χ2n) is 6.41. The molecule has 0 fully saturated rings. The van der Waals surface area contributed by atoms with Crippen LogP contribution in [0.2, 0.25) is 0 Å². The van der Waals surface area contributed by atoms with Crippen molar-refractivity contribution in [3.63, 3.8) is 0 Å². The quantitative estimate of drug-likeness (QED) is 0.580. The van der Waals surface area contributed by atoms with E-state index in [1.165, 1.54) is 5.56 Å².